The Morgan fingerprint density at radius 3 is 3.06 bits per heavy atom. The summed E-state index contributed by atoms with van der Waals surface area (Å²) in [6.07, 6.45) is 5.43. The van der Waals surface area contributed by atoms with Gasteiger partial charge in [0, 0.05) is 24.5 Å². The van der Waals surface area contributed by atoms with E-state index in [0.29, 0.717) is 6.10 Å². The minimum atomic E-state index is 0.135. The molecular formula is C12H19N3O. The summed E-state index contributed by atoms with van der Waals surface area (Å²) < 4.78 is 5.61. The van der Waals surface area contributed by atoms with E-state index in [2.05, 4.69) is 16.5 Å². The van der Waals surface area contributed by atoms with E-state index in [-0.39, 0.29) is 6.04 Å². The van der Waals surface area contributed by atoms with E-state index < -0.39 is 0 Å². The van der Waals surface area contributed by atoms with Gasteiger partial charge in [-0.1, -0.05) is 6.07 Å². The van der Waals surface area contributed by atoms with Gasteiger partial charge in [0.15, 0.2) is 0 Å². The van der Waals surface area contributed by atoms with E-state index >= 15 is 0 Å². The number of nitrogens with one attached hydrogen (secondary N) is 1. The lowest BCUT2D eigenvalue weighted by atomic mass is 10.0. The van der Waals surface area contributed by atoms with E-state index in [9.17, 15) is 0 Å². The Bertz CT molecular complexity index is 320. The van der Waals surface area contributed by atoms with Crippen LogP contribution in [0, 0.1) is 6.92 Å². The largest absolute Gasteiger partial charge is 0.378 e. The van der Waals surface area contributed by atoms with Gasteiger partial charge >= 0.3 is 0 Å². The van der Waals surface area contributed by atoms with Crippen molar-refractivity contribution in [2.24, 2.45) is 5.84 Å². The summed E-state index contributed by atoms with van der Waals surface area (Å²) in [5.74, 6) is 5.59. The monoisotopic (exact) mass is 221 g/mol. The first-order chi connectivity index (χ1) is 7.79. The van der Waals surface area contributed by atoms with Crippen LogP contribution in [0.2, 0.25) is 0 Å². The molecular weight excluding hydrogens is 202 g/mol. The predicted molar refractivity (Wildman–Crippen MR) is 62.6 cm³/mol. The van der Waals surface area contributed by atoms with Gasteiger partial charge in [-0.3, -0.25) is 16.3 Å². The number of ether oxygens (including phenoxy) is 1. The molecule has 4 nitrogen and oxygen atoms in total. The van der Waals surface area contributed by atoms with Gasteiger partial charge in [-0.2, -0.15) is 0 Å². The number of hydrogen-bond donors (Lipinski definition) is 2. The standard InChI is InChI=1S/C12H19N3O/c1-9-4-5-10(8-14-9)12(15-13)7-11-3-2-6-16-11/h4-5,8,11-12,15H,2-3,6-7,13H2,1H3. The van der Waals surface area contributed by atoms with Crippen LogP contribution in [-0.2, 0) is 4.74 Å². The SMILES string of the molecule is Cc1ccc(C(CC2CCCO2)NN)cn1. The summed E-state index contributed by atoms with van der Waals surface area (Å²) in [7, 11) is 0. The summed E-state index contributed by atoms with van der Waals surface area (Å²) in [6.45, 7) is 2.86. The molecule has 0 amide bonds. The molecule has 2 rings (SSSR count). The van der Waals surface area contributed by atoms with Crippen LogP contribution in [0.3, 0.4) is 0 Å². The number of rotatable bonds is 4. The number of nitrogens with two attached hydrogens (primary N) is 1. The number of aryl methyl sites for hydroxylation is 1. The van der Waals surface area contributed by atoms with Crippen molar-refractivity contribution in [3.05, 3.63) is 29.6 Å². The average Bonchev–Trinajstić information content (AvgIpc) is 2.80. The third-order valence-electron chi connectivity index (χ3n) is 3.06. The van der Waals surface area contributed by atoms with E-state index in [0.717, 1.165) is 37.1 Å². The highest BCUT2D eigenvalue weighted by Gasteiger charge is 2.21. The van der Waals surface area contributed by atoms with Crippen LogP contribution in [0.4, 0.5) is 0 Å². The Labute approximate surface area is 96.2 Å². The van der Waals surface area contributed by atoms with Gasteiger partial charge in [0.1, 0.15) is 0 Å². The Kier molecular flexibility index (Phi) is 3.88. The molecule has 0 bridgehead atoms. The third-order valence-corrected chi connectivity index (χ3v) is 3.06. The van der Waals surface area contributed by atoms with Crippen LogP contribution in [0.25, 0.3) is 0 Å². The second-order valence-corrected chi connectivity index (χ2v) is 4.32. The zero-order valence-electron chi connectivity index (χ0n) is 9.65. The van der Waals surface area contributed by atoms with E-state index in [1.54, 1.807) is 0 Å². The fraction of sp³-hybridized carbons (Fsp3) is 0.583. The fourth-order valence-corrected chi connectivity index (χ4v) is 2.08. The van der Waals surface area contributed by atoms with Crippen molar-refractivity contribution in [1.82, 2.24) is 10.4 Å². The molecule has 1 aliphatic rings. The topological polar surface area (TPSA) is 60.2 Å². The maximum absolute atomic E-state index is 5.61. The fourth-order valence-electron chi connectivity index (χ4n) is 2.08. The molecule has 0 saturated carbocycles. The number of hydrogen-bond acceptors (Lipinski definition) is 4. The second-order valence-electron chi connectivity index (χ2n) is 4.32. The van der Waals surface area contributed by atoms with Gasteiger partial charge < -0.3 is 4.74 Å². The van der Waals surface area contributed by atoms with E-state index in [1.165, 1.54) is 0 Å². The Balaban J connectivity index is 2.00. The summed E-state index contributed by atoms with van der Waals surface area (Å²) >= 11 is 0. The molecule has 3 N–H and O–H groups in total. The molecule has 0 spiro atoms. The molecule has 0 aliphatic carbocycles. The lowest BCUT2D eigenvalue weighted by Gasteiger charge is -2.19. The number of aromatic nitrogens is 1. The summed E-state index contributed by atoms with van der Waals surface area (Å²) in [6, 6.07) is 4.22. The van der Waals surface area contributed by atoms with Crippen LogP contribution in [0.5, 0.6) is 0 Å². The van der Waals surface area contributed by atoms with Crippen molar-refractivity contribution in [1.29, 1.82) is 0 Å². The predicted octanol–water partition coefficient (Wildman–Crippen LogP) is 1.46. The number of pyridine rings is 1. The van der Waals surface area contributed by atoms with Crippen molar-refractivity contribution >= 4 is 0 Å². The van der Waals surface area contributed by atoms with Crippen molar-refractivity contribution in [2.75, 3.05) is 6.61 Å². The smallest absolute Gasteiger partial charge is 0.0594 e. The molecule has 4 heteroatoms. The Hall–Kier alpha value is -0.970. The molecule has 16 heavy (non-hydrogen) atoms. The summed E-state index contributed by atoms with van der Waals surface area (Å²) in [4.78, 5) is 4.29. The van der Waals surface area contributed by atoms with E-state index in [4.69, 9.17) is 10.6 Å². The molecule has 2 unspecified atom stereocenters. The first-order valence-electron chi connectivity index (χ1n) is 5.80. The third kappa shape index (κ3) is 2.78. The Morgan fingerprint density at radius 1 is 1.62 bits per heavy atom. The second kappa shape index (κ2) is 5.39. The first-order valence-corrected chi connectivity index (χ1v) is 5.80. The summed E-state index contributed by atoms with van der Waals surface area (Å²) in [5, 5.41) is 0. The van der Waals surface area contributed by atoms with Gasteiger partial charge in [0.25, 0.3) is 0 Å². The van der Waals surface area contributed by atoms with Crippen LogP contribution < -0.4 is 11.3 Å². The highest BCUT2D eigenvalue weighted by Crippen LogP contribution is 2.24. The van der Waals surface area contributed by atoms with Crippen molar-refractivity contribution in [2.45, 2.75) is 38.3 Å². The van der Waals surface area contributed by atoms with Gasteiger partial charge in [-0.25, -0.2) is 0 Å². The molecule has 1 saturated heterocycles. The van der Waals surface area contributed by atoms with Crippen LogP contribution in [-0.4, -0.2) is 17.7 Å². The van der Waals surface area contributed by atoms with Crippen LogP contribution in [0.15, 0.2) is 18.3 Å². The van der Waals surface area contributed by atoms with Crippen molar-refractivity contribution in [3.63, 3.8) is 0 Å². The first kappa shape index (κ1) is 11.5. The highest BCUT2D eigenvalue weighted by atomic mass is 16.5. The molecule has 1 aliphatic heterocycles. The molecule has 0 aromatic carbocycles. The minimum Gasteiger partial charge on any atom is -0.378 e. The van der Waals surface area contributed by atoms with Gasteiger partial charge in [-0.05, 0) is 37.8 Å². The van der Waals surface area contributed by atoms with E-state index in [1.807, 2.05) is 19.2 Å². The van der Waals surface area contributed by atoms with Gasteiger partial charge in [-0.15, -0.1) is 0 Å². The lowest BCUT2D eigenvalue weighted by Crippen LogP contribution is -2.31. The maximum atomic E-state index is 5.61. The minimum absolute atomic E-state index is 0.135. The zero-order valence-corrected chi connectivity index (χ0v) is 9.65. The van der Waals surface area contributed by atoms with Gasteiger partial charge in [0.05, 0.1) is 6.10 Å². The van der Waals surface area contributed by atoms with Crippen LogP contribution in [0.1, 0.15) is 36.6 Å². The molecule has 1 fully saturated rings. The molecule has 0 radical (unpaired) electrons. The normalized spacial score (nSPS) is 22.2. The molecule has 1 aromatic heterocycles. The van der Waals surface area contributed by atoms with Crippen molar-refractivity contribution in [3.8, 4) is 0 Å². The highest BCUT2D eigenvalue weighted by molar-refractivity contribution is 5.17. The van der Waals surface area contributed by atoms with Crippen LogP contribution >= 0.6 is 0 Å². The average molecular weight is 221 g/mol. The quantitative estimate of drug-likeness (QED) is 0.597. The number of nitrogens with zero attached hydrogens (tertiary/aromatic N) is 1. The summed E-state index contributed by atoms with van der Waals surface area (Å²) in [5.41, 5.74) is 5.00. The number of hydrazine groups is 1. The van der Waals surface area contributed by atoms with Gasteiger partial charge in [0.2, 0.25) is 0 Å². The van der Waals surface area contributed by atoms with Crippen molar-refractivity contribution < 1.29 is 4.74 Å². The molecule has 2 heterocycles. The Morgan fingerprint density at radius 2 is 2.50 bits per heavy atom. The molecule has 88 valence electrons. The zero-order chi connectivity index (χ0) is 11.4. The molecule has 2 atom stereocenters. The maximum Gasteiger partial charge on any atom is 0.0594 e. The lowest BCUT2D eigenvalue weighted by molar-refractivity contribution is 0.0945. The molecule has 1 aromatic rings.